The van der Waals surface area contributed by atoms with Crippen LogP contribution in [0.5, 0.6) is 0 Å². The SMILES string of the molecule is C[C@H]1O[C@H]2OC(=O)[C@@]3(C)CC4=C(CO)C5=C(CC(=O)[C@@]4(C)[C@H](C1=O)[C@@H]23)C(C)(C)OC(=O)C5. The highest BCUT2D eigenvalue weighted by Gasteiger charge is 2.71. The van der Waals surface area contributed by atoms with Crippen LogP contribution < -0.4 is 0 Å². The van der Waals surface area contributed by atoms with Crippen LogP contribution in [0.1, 0.15) is 53.9 Å². The molecule has 3 aliphatic heterocycles. The number of Topliss-reactive ketones (excluding diaryl/α,β-unsaturated/α-hetero) is 2. The van der Waals surface area contributed by atoms with E-state index in [0.717, 1.165) is 0 Å². The number of aliphatic hydroxyl groups excluding tert-OH is 1. The molecular formula is C24H28O8. The molecule has 0 amide bonds. The molecule has 0 aromatic heterocycles. The van der Waals surface area contributed by atoms with Crippen LogP contribution in [0.3, 0.4) is 0 Å². The summed E-state index contributed by atoms with van der Waals surface area (Å²) in [6.07, 6.45) is -1.63. The van der Waals surface area contributed by atoms with E-state index in [1.165, 1.54) is 0 Å². The Morgan fingerprint density at radius 1 is 1.03 bits per heavy atom. The first-order valence-electron chi connectivity index (χ1n) is 11.1. The Bertz CT molecular complexity index is 1050. The van der Waals surface area contributed by atoms with Gasteiger partial charge in [-0.1, -0.05) is 0 Å². The van der Waals surface area contributed by atoms with Crippen molar-refractivity contribution in [3.05, 3.63) is 22.3 Å². The smallest absolute Gasteiger partial charge is 0.314 e. The minimum atomic E-state index is -1.25. The summed E-state index contributed by atoms with van der Waals surface area (Å²) in [5.41, 5.74) is -1.06. The maximum Gasteiger partial charge on any atom is 0.314 e. The van der Waals surface area contributed by atoms with Gasteiger partial charge in [-0.3, -0.25) is 19.2 Å². The quantitative estimate of drug-likeness (QED) is 0.609. The third-order valence-corrected chi connectivity index (χ3v) is 8.50. The molecule has 1 N–H and O–H groups in total. The second-order valence-electron chi connectivity index (χ2n) is 10.6. The van der Waals surface area contributed by atoms with Gasteiger partial charge in [0, 0.05) is 18.3 Å². The Labute approximate surface area is 186 Å². The fourth-order valence-corrected chi connectivity index (χ4v) is 6.74. The van der Waals surface area contributed by atoms with Gasteiger partial charge in [0.1, 0.15) is 17.5 Å². The summed E-state index contributed by atoms with van der Waals surface area (Å²) in [4.78, 5) is 52.9. The van der Waals surface area contributed by atoms with E-state index >= 15 is 0 Å². The number of esters is 2. The van der Waals surface area contributed by atoms with Crippen molar-refractivity contribution < 1.29 is 38.5 Å². The van der Waals surface area contributed by atoms with Crippen molar-refractivity contribution >= 4 is 23.5 Å². The van der Waals surface area contributed by atoms with Crippen molar-refractivity contribution in [2.45, 2.75) is 71.9 Å². The zero-order valence-corrected chi connectivity index (χ0v) is 18.9. The van der Waals surface area contributed by atoms with Crippen molar-refractivity contribution in [3.63, 3.8) is 0 Å². The zero-order chi connectivity index (χ0) is 23.4. The van der Waals surface area contributed by atoms with Crippen molar-refractivity contribution in [1.82, 2.24) is 0 Å². The van der Waals surface area contributed by atoms with Crippen molar-refractivity contribution in [2.24, 2.45) is 22.7 Å². The van der Waals surface area contributed by atoms with Crippen LogP contribution >= 0.6 is 0 Å². The van der Waals surface area contributed by atoms with Crippen LogP contribution in [0, 0.1) is 22.7 Å². The molecule has 6 atom stereocenters. The van der Waals surface area contributed by atoms with Crippen LogP contribution in [0.4, 0.5) is 0 Å². The lowest BCUT2D eigenvalue weighted by Gasteiger charge is -2.53. The molecule has 0 spiro atoms. The summed E-state index contributed by atoms with van der Waals surface area (Å²) in [7, 11) is 0. The van der Waals surface area contributed by atoms with Gasteiger partial charge in [0.15, 0.2) is 5.78 Å². The van der Waals surface area contributed by atoms with E-state index in [9.17, 15) is 24.3 Å². The molecule has 2 saturated heterocycles. The number of ketones is 2. The molecule has 0 aromatic carbocycles. The number of hydrogen-bond donors (Lipinski definition) is 1. The van der Waals surface area contributed by atoms with E-state index in [1.54, 1.807) is 34.6 Å². The molecule has 5 rings (SSSR count). The highest BCUT2D eigenvalue weighted by molar-refractivity contribution is 6.01. The Morgan fingerprint density at radius 3 is 2.38 bits per heavy atom. The maximum atomic E-state index is 14.0. The number of ether oxygens (including phenoxy) is 3. The Balaban J connectivity index is 1.81. The maximum absolute atomic E-state index is 14.0. The van der Waals surface area contributed by atoms with Gasteiger partial charge in [-0.05, 0) is 63.3 Å². The fourth-order valence-electron chi connectivity index (χ4n) is 6.74. The van der Waals surface area contributed by atoms with Crippen LogP contribution in [-0.4, -0.2) is 53.2 Å². The molecule has 3 fully saturated rings. The Morgan fingerprint density at radius 2 is 1.72 bits per heavy atom. The first-order valence-corrected chi connectivity index (χ1v) is 11.1. The standard InChI is InChI=1S/C24H28O8/c1-10-19(28)17-18-20(30-10)31-21(29)23(18,4)8-14-12(9-25)11-6-16(27)32-22(2,3)13(11)7-15(26)24(14,17)5/h10,17-18,20,25H,6-9H2,1-5H3/t10-,17+,18+,20+,23+,24+/m1/s1. The summed E-state index contributed by atoms with van der Waals surface area (Å²) in [5.74, 6) is -2.76. The minimum absolute atomic E-state index is 0.00103. The van der Waals surface area contributed by atoms with Crippen LogP contribution in [0.15, 0.2) is 22.3 Å². The van der Waals surface area contributed by atoms with Crippen LogP contribution in [0.25, 0.3) is 0 Å². The molecule has 8 heteroatoms. The molecular weight excluding hydrogens is 416 g/mol. The highest BCUT2D eigenvalue weighted by Crippen LogP contribution is 2.65. The minimum Gasteiger partial charge on any atom is -0.455 e. The molecule has 0 unspecified atom stereocenters. The lowest BCUT2D eigenvalue weighted by molar-refractivity contribution is -0.211. The van der Waals surface area contributed by atoms with E-state index in [2.05, 4.69) is 0 Å². The lowest BCUT2D eigenvalue weighted by atomic mass is 9.48. The first kappa shape index (κ1) is 21.5. The average Bonchev–Trinajstić information content (AvgIpc) is 2.88. The van der Waals surface area contributed by atoms with E-state index in [0.29, 0.717) is 22.3 Å². The lowest BCUT2D eigenvalue weighted by Crippen LogP contribution is -2.61. The number of hydrogen-bond acceptors (Lipinski definition) is 8. The monoisotopic (exact) mass is 444 g/mol. The summed E-state index contributed by atoms with van der Waals surface area (Å²) >= 11 is 0. The number of allylic oxidation sites excluding steroid dienone is 1. The zero-order valence-electron chi connectivity index (χ0n) is 18.9. The molecule has 0 aromatic rings. The van der Waals surface area contributed by atoms with E-state index in [4.69, 9.17) is 14.2 Å². The number of fused-ring (bicyclic) bond motifs is 2. The van der Waals surface area contributed by atoms with Crippen LogP contribution in [-0.2, 0) is 33.4 Å². The van der Waals surface area contributed by atoms with Crippen molar-refractivity contribution in [3.8, 4) is 0 Å². The summed E-state index contributed by atoms with van der Waals surface area (Å²) in [5, 5.41) is 10.5. The number of carbonyl (C=O) groups is 4. The molecule has 0 bridgehead atoms. The van der Waals surface area contributed by atoms with E-state index < -0.39 is 59.2 Å². The third-order valence-electron chi connectivity index (χ3n) is 8.50. The van der Waals surface area contributed by atoms with Gasteiger partial charge < -0.3 is 19.3 Å². The number of aliphatic hydroxyl groups is 1. The molecule has 2 aliphatic carbocycles. The van der Waals surface area contributed by atoms with E-state index in [1.807, 2.05) is 0 Å². The largest absolute Gasteiger partial charge is 0.455 e. The van der Waals surface area contributed by atoms with Crippen molar-refractivity contribution in [2.75, 3.05) is 6.61 Å². The topological polar surface area (TPSA) is 116 Å². The molecule has 32 heavy (non-hydrogen) atoms. The van der Waals surface area contributed by atoms with Gasteiger partial charge in [0.25, 0.3) is 0 Å². The number of carbonyl (C=O) groups excluding carboxylic acids is 4. The fraction of sp³-hybridized carbons (Fsp3) is 0.667. The second kappa shape index (κ2) is 6.38. The first-order chi connectivity index (χ1) is 14.9. The summed E-state index contributed by atoms with van der Waals surface area (Å²) in [6, 6.07) is 0. The van der Waals surface area contributed by atoms with Gasteiger partial charge >= 0.3 is 11.9 Å². The molecule has 3 heterocycles. The predicted octanol–water partition coefficient (Wildman–Crippen LogP) is 1.79. The molecule has 0 radical (unpaired) electrons. The third kappa shape index (κ3) is 2.45. The van der Waals surface area contributed by atoms with Gasteiger partial charge in [-0.2, -0.15) is 0 Å². The van der Waals surface area contributed by atoms with Crippen LogP contribution in [0.2, 0.25) is 0 Å². The molecule has 8 nitrogen and oxygen atoms in total. The number of cyclic esters (lactones) is 1. The second-order valence-corrected chi connectivity index (χ2v) is 10.6. The predicted molar refractivity (Wildman–Crippen MR) is 109 cm³/mol. The Kier molecular flexibility index (Phi) is 4.29. The highest BCUT2D eigenvalue weighted by atomic mass is 16.7. The van der Waals surface area contributed by atoms with E-state index in [-0.39, 0.29) is 30.8 Å². The van der Waals surface area contributed by atoms with Gasteiger partial charge in [0.2, 0.25) is 6.29 Å². The van der Waals surface area contributed by atoms with Gasteiger partial charge in [0.05, 0.1) is 23.9 Å². The molecule has 1 saturated carbocycles. The summed E-state index contributed by atoms with van der Waals surface area (Å²) in [6.45, 7) is 8.14. The normalized spacial score (nSPS) is 42.7. The Hall–Kier alpha value is -2.32. The molecule has 5 aliphatic rings. The number of rotatable bonds is 1. The average molecular weight is 444 g/mol. The van der Waals surface area contributed by atoms with Gasteiger partial charge in [-0.25, -0.2) is 0 Å². The molecule has 172 valence electrons. The van der Waals surface area contributed by atoms with Crippen molar-refractivity contribution in [1.29, 1.82) is 0 Å². The summed E-state index contributed by atoms with van der Waals surface area (Å²) < 4.78 is 16.8. The van der Waals surface area contributed by atoms with Gasteiger partial charge in [-0.15, -0.1) is 0 Å².